The van der Waals surface area contributed by atoms with Crippen LogP contribution in [0.4, 0.5) is 0 Å². The average molecular weight is 215 g/mol. The van der Waals surface area contributed by atoms with Crippen molar-refractivity contribution >= 4 is 11.8 Å². The number of nitrogens with one attached hydrogen (secondary N) is 1. The van der Waals surface area contributed by atoms with Gasteiger partial charge < -0.3 is 21.5 Å². The first-order chi connectivity index (χ1) is 7.00. The maximum atomic E-state index is 11.6. The fourth-order valence-corrected chi connectivity index (χ4v) is 1.54. The Morgan fingerprint density at radius 3 is 2.67 bits per heavy atom. The van der Waals surface area contributed by atoms with Crippen molar-refractivity contribution in [3.8, 4) is 0 Å². The molecule has 0 aromatic carbocycles. The molecule has 0 aromatic rings. The SMILES string of the molecule is CC(CC(N)=O)NC(=O)C1COCC1N. The molecule has 1 saturated heterocycles. The van der Waals surface area contributed by atoms with E-state index in [4.69, 9.17) is 16.2 Å². The molecule has 0 spiro atoms. The van der Waals surface area contributed by atoms with Crippen LogP contribution in [0, 0.1) is 5.92 Å². The first-order valence-corrected chi connectivity index (χ1v) is 4.92. The lowest BCUT2D eigenvalue weighted by atomic mass is 10.0. The second-order valence-electron chi connectivity index (χ2n) is 3.89. The summed E-state index contributed by atoms with van der Waals surface area (Å²) < 4.78 is 5.08. The summed E-state index contributed by atoms with van der Waals surface area (Å²) in [5.41, 5.74) is 10.7. The largest absolute Gasteiger partial charge is 0.379 e. The van der Waals surface area contributed by atoms with Gasteiger partial charge in [-0.15, -0.1) is 0 Å². The number of hydrogen-bond acceptors (Lipinski definition) is 4. The van der Waals surface area contributed by atoms with E-state index in [1.165, 1.54) is 0 Å². The summed E-state index contributed by atoms with van der Waals surface area (Å²) in [7, 11) is 0. The van der Waals surface area contributed by atoms with Gasteiger partial charge in [-0.25, -0.2) is 0 Å². The summed E-state index contributed by atoms with van der Waals surface area (Å²) in [5.74, 6) is -0.927. The molecule has 15 heavy (non-hydrogen) atoms. The molecule has 6 heteroatoms. The van der Waals surface area contributed by atoms with Crippen LogP contribution in [0.3, 0.4) is 0 Å². The number of rotatable bonds is 4. The number of hydrogen-bond donors (Lipinski definition) is 3. The number of nitrogens with two attached hydrogens (primary N) is 2. The lowest BCUT2D eigenvalue weighted by Gasteiger charge is -2.17. The summed E-state index contributed by atoms with van der Waals surface area (Å²) >= 11 is 0. The molecule has 5 N–H and O–H groups in total. The number of carbonyl (C=O) groups is 2. The van der Waals surface area contributed by atoms with Gasteiger partial charge in [0.25, 0.3) is 0 Å². The minimum absolute atomic E-state index is 0.133. The zero-order valence-corrected chi connectivity index (χ0v) is 8.73. The van der Waals surface area contributed by atoms with E-state index >= 15 is 0 Å². The first kappa shape index (κ1) is 11.9. The molecule has 1 fully saturated rings. The minimum atomic E-state index is -0.435. The second kappa shape index (κ2) is 5.09. The average Bonchev–Trinajstić information content (AvgIpc) is 2.49. The quantitative estimate of drug-likeness (QED) is 0.521. The summed E-state index contributed by atoms with van der Waals surface area (Å²) in [4.78, 5) is 22.2. The Bertz CT molecular complexity index is 257. The van der Waals surface area contributed by atoms with Crippen LogP contribution in [0.1, 0.15) is 13.3 Å². The van der Waals surface area contributed by atoms with Crippen molar-refractivity contribution in [3.05, 3.63) is 0 Å². The third-order valence-electron chi connectivity index (χ3n) is 2.36. The van der Waals surface area contributed by atoms with E-state index in [-0.39, 0.29) is 30.3 Å². The van der Waals surface area contributed by atoms with Crippen LogP contribution in [0.25, 0.3) is 0 Å². The van der Waals surface area contributed by atoms with Gasteiger partial charge in [-0.1, -0.05) is 0 Å². The molecule has 1 rings (SSSR count). The van der Waals surface area contributed by atoms with Crippen LogP contribution in [0.5, 0.6) is 0 Å². The number of carbonyl (C=O) groups excluding carboxylic acids is 2. The minimum Gasteiger partial charge on any atom is -0.379 e. The van der Waals surface area contributed by atoms with Crippen molar-refractivity contribution in [2.75, 3.05) is 13.2 Å². The third kappa shape index (κ3) is 3.49. The van der Waals surface area contributed by atoms with Gasteiger partial charge in [0.05, 0.1) is 19.1 Å². The highest BCUT2D eigenvalue weighted by atomic mass is 16.5. The third-order valence-corrected chi connectivity index (χ3v) is 2.36. The summed E-state index contributed by atoms with van der Waals surface area (Å²) in [6.45, 7) is 2.47. The van der Waals surface area contributed by atoms with E-state index in [2.05, 4.69) is 5.32 Å². The predicted octanol–water partition coefficient (Wildman–Crippen LogP) is -1.66. The predicted molar refractivity (Wildman–Crippen MR) is 53.7 cm³/mol. The van der Waals surface area contributed by atoms with Gasteiger partial charge in [0.2, 0.25) is 11.8 Å². The zero-order valence-electron chi connectivity index (χ0n) is 8.73. The topological polar surface area (TPSA) is 107 Å². The zero-order chi connectivity index (χ0) is 11.4. The number of amides is 2. The highest BCUT2D eigenvalue weighted by molar-refractivity contribution is 5.81. The van der Waals surface area contributed by atoms with Gasteiger partial charge in [0.15, 0.2) is 0 Å². The molecule has 6 nitrogen and oxygen atoms in total. The Hall–Kier alpha value is -1.14. The molecule has 3 atom stereocenters. The lowest BCUT2D eigenvalue weighted by Crippen LogP contribution is -2.45. The van der Waals surface area contributed by atoms with E-state index in [0.29, 0.717) is 13.2 Å². The first-order valence-electron chi connectivity index (χ1n) is 4.92. The van der Waals surface area contributed by atoms with E-state index in [0.717, 1.165) is 0 Å². The highest BCUT2D eigenvalue weighted by Crippen LogP contribution is 2.11. The molecule has 1 aliphatic rings. The van der Waals surface area contributed by atoms with Crippen molar-refractivity contribution in [1.29, 1.82) is 0 Å². The second-order valence-corrected chi connectivity index (χ2v) is 3.89. The molecular formula is C9H17N3O3. The molecule has 86 valence electrons. The van der Waals surface area contributed by atoms with Gasteiger partial charge in [-0.2, -0.15) is 0 Å². The van der Waals surface area contributed by atoms with Gasteiger partial charge >= 0.3 is 0 Å². The molecule has 1 heterocycles. The van der Waals surface area contributed by atoms with Crippen molar-refractivity contribution in [2.45, 2.75) is 25.4 Å². The molecule has 0 aliphatic carbocycles. The summed E-state index contributed by atoms with van der Waals surface area (Å²) in [6.07, 6.45) is 0.133. The normalized spacial score (nSPS) is 27.3. The molecule has 0 aromatic heterocycles. The van der Waals surface area contributed by atoms with Gasteiger partial charge in [-0.3, -0.25) is 9.59 Å². The van der Waals surface area contributed by atoms with Gasteiger partial charge in [0.1, 0.15) is 0 Å². The maximum absolute atomic E-state index is 11.6. The van der Waals surface area contributed by atoms with Crippen LogP contribution in [0.15, 0.2) is 0 Å². The van der Waals surface area contributed by atoms with Crippen LogP contribution in [-0.2, 0) is 14.3 Å². The van der Waals surface area contributed by atoms with Crippen LogP contribution in [-0.4, -0.2) is 37.1 Å². The van der Waals surface area contributed by atoms with Crippen molar-refractivity contribution in [3.63, 3.8) is 0 Å². The van der Waals surface area contributed by atoms with E-state index < -0.39 is 5.91 Å². The molecule has 3 unspecified atom stereocenters. The van der Waals surface area contributed by atoms with Crippen molar-refractivity contribution < 1.29 is 14.3 Å². The molecule has 0 bridgehead atoms. The Morgan fingerprint density at radius 2 is 2.20 bits per heavy atom. The van der Waals surface area contributed by atoms with Crippen molar-refractivity contribution in [1.82, 2.24) is 5.32 Å². The Balaban J connectivity index is 2.37. The maximum Gasteiger partial charge on any atom is 0.227 e. The Kier molecular flexibility index (Phi) is 4.05. The molecular weight excluding hydrogens is 198 g/mol. The lowest BCUT2D eigenvalue weighted by molar-refractivity contribution is -0.126. The molecule has 2 amide bonds. The van der Waals surface area contributed by atoms with Crippen LogP contribution >= 0.6 is 0 Å². The van der Waals surface area contributed by atoms with Gasteiger partial charge in [0, 0.05) is 18.5 Å². The van der Waals surface area contributed by atoms with Crippen molar-refractivity contribution in [2.24, 2.45) is 17.4 Å². The van der Waals surface area contributed by atoms with E-state index in [1.807, 2.05) is 0 Å². The standard InChI is InChI=1S/C9H17N3O3/c1-5(2-8(11)13)12-9(14)6-3-15-4-7(6)10/h5-7H,2-4,10H2,1H3,(H2,11,13)(H,12,14). The molecule has 1 aliphatic heterocycles. The van der Waals surface area contributed by atoms with E-state index in [1.54, 1.807) is 6.92 Å². The summed E-state index contributed by atoms with van der Waals surface area (Å²) in [6, 6.07) is -0.520. The Morgan fingerprint density at radius 1 is 1.53 bits per heavy atom. The molecule has 0 saturated carbocycles. The smallest absolute Gasteiger partial charge is 0.227 e. The van der Waals surface area contributed by atoms with Gasteiger partial charge in [-0.05, 0) is 6.92 Å². The number of ether oxygens (including phenoxy) is 1. The fraction of sp³-hybridized carbons (Fsp3) is 0.778. The van der Waals surface area contributed by atoms with Crippen LogP contribution in [0.2, 0.25) is 0 Å². The monoisotopic (exact) mass is 215 g/mol. The molecule has 0 radical (unpaired) electrons. The van der Waals surface area contributed by atoms with E-state index in [9.17, 15) is 9.59 Å². The van der Waals surface area contributed by atoms with Crippen LogP contribution < -0.4 is 16.8 Å². The fourth-order valence-electron chi connectivity index (χ4n) is 1.54. The summed E-state index contributed by atoms with van der Waals surface area (Å²) in [5, 5.41) is 2.68. The Labute approximate surface area is 88.3 Å². The highest BCUT2D eigenvalue weighted by Gasteiger charge is 2.31. The number of primary amides is 1.